The fourth-order valence-electron chi connectivity index (χ4n) is 5.00. The van der Waals surface area contributed by atoms with Crippen molar-refractivity contribution in [2.45, 2.75) is 177 Å². The van der Waals surface area contributed by atoms with E-state index in [1.165, 1.54) is 16.7 Å². The lowest BCUT2D eigenvalue weighted by Crippen LogP contribution is -2.35. The van der Waals surface area contributed by atoms with E-state index in [1.54, 1.807) is 0 Å². The Balaban J connectivity index is 2.33. The van der Waals surface area contributed by atoms with Crippen molar-refractivity contribution >= 4 is 8.07 Å². The van der Waals surface area contributed by atoms with Gasteiger partial charge in [-0.15, -0.1) is 11.8 Å². The summed E-state index contributed by atoms with van der Waals surface area (Å²) < 4.78 is 26.6. The molecule has 0 aromatic heterocycles. The first-order chi connectivity index (χ1) is 19.6. The van der Waals surface area contributed by atoms with Gasteiger partial charge in [-0.3, -0.25) is 0 Å². The second-order valence-corrected chi connectivity index (χ2v) is 20.5. The van der Waals surface area contributed by atoms with Gasteiger partial charge in [0.2, 0.25) is 0 Å². The van der Waals surface area contributed by atoms with Crippen molar-refractivity contribution in [3.63, 3.8) is 0 Å². The second-order valence-electron chi connectivity index (χ2n) is 15.0. The van der Waals surface area contributed by atoms with Crippen LogP contribution in [0.3, 0.4) is 0 Å². The van der Waals surface area contributed by atoms with Crippen LogP contribution < -0.4 is 0 Å². The van der Waals surface area contributed by atoms with E-state index in [4.69, 9.17) is 9.47 Å². The van der Waals surface area contributed by atoms with Gasteiger partial charge in [-0.2, -0.15) is 0 Å². The minimum atomic E-state index is -1.09. The molecular weight excluding hydrogens is 536 g/mol. The highest BCUT2D eigenvalue weighted by atomic mass is 28.3. The fourth-order valence-corrected chi connectivity index (χ4v) is 5.65. The Morgan fingerprint density at radius 1 is 0.810 bits per heavy atom. The van der Waals surface area contributed by atoms with Crippen LogP contribution in [0.25, 0.3) is 0 Å². The Morgan fingerprint density at radius 3 is 2.00 bits per heavy atom. The number of allylic oxidation sites excluding steroid dienone is 8. The summed E-state index contributed by atoms with van der Waals surface area (Å²) >= 11 is 0. The van der Waals surface area contributed by atoms with Crippen LogP contribution in [0.4, 0.5) is 4.39 Å². The Kier molecular flexibility index (Phi) is 18.2. The van der Waals surface area contributed by atoms with Crippen LogP contribution in [0.15, 0.2) is 46.3 Å². The number of rotatable bonds is 17. The molecule has 0 saturated carbocycles. The van der Waals surface area contributed by atoms with Crippen molar-refractivity contribution in [3.05, 3.63) is 46.3 Å². The van der Waals surface area contributed by atoms with Crippen molar-refractivity contribution in [1.82, 2.24) is 0 Å². The van der Waals surface area contributed by atoms with Gasteiger partial charge in [0.25, 0.3) is 0 Å². The molecule has 4 heteroatoms. The van der Waals surface area contributed by atoms with E-state index in [2.05, 4.69) is 98.2 Å². The van der Waals surface area contributed by atoms with Gasteiger partial charge in [-0.25, -0.2) is 4.39 Å². The first-order valence-electron chi connectivity index (χ1n) is 16.6. The van der Waals surface area contributed by atoms with Crippen LogP contribution in [0.2, 0.25) is 25.7 Å². The van der Waals surface area contributed by atoms with Crippen LogP contribution in [-0.2, 0) is 9.47 Å². The zero-order chi connectivity index (χ0) is 31.8. The Bertz CT molecular complexity index is 973. The summed E-state index contributed by atoms with van der Waals surface area (Å²) in [6.45, 7) is 24.5. The minimum Gasteiger partial charge on any atom is -0.350 e. The molecule has 0 aromatic rings. The van der Waals surface area contributed by atoms with Gasteiger partial charge in [-0.1, -0.05) is 68.4 Å². The van der Waals surface area contributed by atoms with Crippen LogP contribution in [0.5, 0.6) is 0 Å². The smallest absolute Gasteiger partial charge is 0.158 e. The van der Waals surface area contributed by atoms with E-state index in [-0.39, 0.29) is 17.5 Å². The summed E-state index contributed by atoms with van der Waals surface area (Å²) in [5.41, 5.74) is 5.21. The SMILES string of the molecule is C/C(CC/C(C)=C/CC(C)(C)CC#CC[Si](C)(C)C)=C(/F)CC/C=C(\C)CC/C=C(\C)CCCC1O[C@@H](C)C[C@H](C)O1. The summed E-state index contributed by atoms with van der Waals surface area (Å²) in [6, 6.07) is 1.08. The zero-order valence-electron chi connectivity index (χ0n) is 29.4. The third kappa shape index (κ3) is 19.7. The van der Waals surface area contributed by atoms with Gasteiger partial charge in [0.15, 0.2) is 6.29 Å². The number of hydrogen-bond acceptors (Lipinski definition) is 2. The third-order valence-corrected chi connectivity index (χ3v) is 9.24. The predicted octanol–water partition coefficient (Wildman–Crippen LogP) is 12.3. The summed E-state index contributed by atoms with van der Waals surface area (Å²) in [5.74, 6) is 6.89. The zero-order valence-corrected chi connectivity index (χ0v) is 30.4. The lowest BCUT2D eigenvalue weighted by atomic mass is 9.85. The largest absolute Gasteiger partial charge is 0.350 e. The van der Waals surface area contributed by atoms with Crippen molar-refractivity contribution in [2.75, 3.05) is 0 Å². The number of halogens is 1. The summed E-state index contributed by atoms with van der Waals surface area (Å²) in [5, 5.41) is 0. The standard InChI is InChI=1S/C38H65FO2Si/c1-30(17-14-18-31(2)20-16-22-37-40-34(5)29-35(6)41-37)19-15-21-36(39)33(4)24-23-32(3)25-27-38(7,8)26-12-13-28-42(9,10)11/h18-19,25,34-35,37H,14-17,20-24,26-29H2,1-11H3/b30-19+,31-18+,32-25+,36-33-/t34-,35-/m0/s1. The first kappa shape index (κ1) is 38.6. The molecule has 0 N–H and O–H groups in total. The van der Waals surface area contributed by atoms with Crippen LogP contribution in [0.1, 0.15) is 132 Å². The van der Waals surface area contributed by atoms with Gasteiger partial charge >= 0.3 is 0 Å². The fraction of sp³-hybridized carbons (Fsp3) is 0.737. The molecule has 0 spiro atoms. The van der Waals surface area contributed by atoms with Crippen LogP contribution >= 0.6 is 0 Å². The maximum atomic E-state index is 14.8. The van der Waals surface area contributed by atoms with Crippen molar-refractivity contribution in [2.24, 2.45) is 5.41 Å². The highest BCUT2D eigenvalue weighted by Crippen LogP contribution is 2.27. The van der Waals surface area contributed by atoms with Crippen molar-refractivity contribution in [3.8, 4) is 11.8 Å². The van der Waals surface area contributed by atoms with Gasteiger partial charge in [0.05, 0.1) is 26.1 Å². The molecule has 0 unspecified atom stereocenters. The summed E-state index contributed by atoms with van der Waals surface area (Å²) in [4.78, 5) is 0. The van der Waals surface area contributed by atoms with E-state index in [1.807, 2.05) is 6.92 Å². The molecule has 2 nitrogen and oxygen atoms in total. The van der Waals surface area contributed by atoms with Crippen LogP contribution in [-0.4, -0.2) is 26.6 Å². The maximum absolute atomic E-state index is 14.8. The van der Waals surface area contributed by atoms with Gasteiger partial charge < -0.3 is 9.47 Å². The Hall–Kier alpha value is -1.41. The van der Waals surface area contributed by atoms with Gasteiger partial charge in [-0.05, 0) is 117 Å². The average molecular weight is 601 g/mol. The molecule has 1 fully saturated rings. The number of hydrogen-bond donors (Lipinski definition) is 0. The minimum absolute atomic E-state index is 0.0485. The normalized spacial score (nSPS) is 21.6. The van der Waals surface area contributed by atoms with Crippen molar-refractivity contribution in [1.29, 1.82) is 0 Å². The molecule has 0 radical (unpaired) electrons. The van der Waals surface area contributed by atoms with Gasteiger partial charge in [0, 0.05) is 18.9 Å². The molecule has 1 aliphatic rings. The van der Waals surface area contributed by atoms with E-state index in [0.717, 1.165) is 82.2 Å². The van der Waals surface area contributed by atoms with E-state index in [0.29, 0.717) is 18.6 Å². The molecule has 1 heterocycles. The lowest BCUT2D eigenvalue weighted by molar-refractivity contribution is -0.236. The number of ether oxygens (including phenoxy) is 2. The highest BCUT2D eigenvalue weighted by Gasteiger charge is 2.24. The third-order valence-electron chi connectivity index (χ3n) is 8.00. The monoisotopic (exact) mass is 600 g/mol. The average Bonchev–Trinajstić information content (AvgIpc) is 2.87. The highest BCUT2D eigenvalue weighted by molar-refractivity contribution is 6.76. The second kappa shape index (κ2) is 19.8. The molecule has 0 bridgehead atoms. The summed E-state index contributed by atoms with van der Waals surface area (Å²) in [6.07, 6.45) is 18.6. The van der Waals surface area contributed by atoms with Crippen molar-refractivity contribution < 1.29 is 13.9 Å². The molecular formula is C38H65FO2Si. The predicted molar refractivity (Wildman–Crippen MR) is 185 cm³/mol. The van der Waals surface area contributed by atoms with E-state index >= 15 is 0 Å². The molecule has 0 amide bonds. The maximum Gasteiger partial charge on any atom is 0.158 e. The molecule has 2 atom stereocenters. The quantitative estimate of drug-likeness (QED) is 0.0939. The molecule has 1 rings (SSSR count). The lowest BCUT2D eigenvalue weighted by Gasteiger charge is -2.32. The van der Waals surface area contributed by atoms with Crippen LogP contribution in [0, 0.1) is 17.3 Å². The molecule has 240 valence electrons. The molecule has 42 heavy (non-hydrogen) atoms. The van der Waals surface area contributed by atoms with E-state index < -0.39 is 8.07 Å². The molecule has 0 aliphatic carbocycles. The Labute approximate surface area is 261 Å². The molecule has 1 saturated heterocycles. The van der Waals surface area contributed by atoms with Gasteiger partial charge in [0.1, 0.15) is 0 Å². The summed E-state index contributed by atoms with van der Waals surface area (Å²) in [7, 11) is -1.09. The molecule has 0 aromatic carbocycles. The molecule has 1 aliphatic heterocycles. The topological polar surface area (TPSA) is 18.5 Å². The Morgan fingerprint density at radius 2 is 1.38 bits per heavy atom. The first-order valence-corrected chi connectivity index (χ1v) is 20.3. The van der Waals surface area contributed by atoms with E-state index in [9.17, 15) is 4.39 Å².